The third-order valence-electron chi connectivity index (χ3n) is 3.91. The molecular formula is C22H20O3S. The summed E-state index contributed by atoms with van der Waals surface area (Å²) in [5.41, 5.74) is 2.87. The van der Waals surface area contributed by atoms with Crippen molar-refractivity contribution in [3.8, 4) is 11.5 Å². The summed E-state index contributed by atoms with van der Waals surface area (Å²) in [5, 5.41) is 10.1. The molecule has 0 aromatic heterocycles. The van der Waals surface area contributed by atoms with Gasteiger partial charge in [-0.1, -0.05) is 60.2 Å². The van der Waals surface area contributed by atoms with Crippen molar-refractivity contribution >= 4 is 17.5 Å². The lowest BCUT2D eigenvalue weighted by molar-refractivity contribution is 0.102. The highest BCUT2D eigenvalue weighted by molar-refractivity contribution is 8.00. The number of Topliss-reactive ketones (excluding diaryl/α,β-unsaturated/α-hetero) is 1. The molecule has 0 fully saturated rings. The number of rotatable bonds is 7. The summed E-state index contributed by atoms with van der Waals surface area (Å²) >= 11 is 1.31. The van der Waals surface area contributed by atoms with E-state index < -0.39 is 0 Å². The highest BCUT2D eigenvalue weighted by Gasteiger charge is 2.10. The van der Waals surface area contributed by atoms with Crippen molar-refractivity contribution in [2.45, 2.75) is 18.4 Å². The molecule has 3 nitrogen and oxygen atoms in total. The van der Waals surface area contributed by atoms with Gasteiger partial charge in [-0.25, -0.2) is 0 Å². The zero-order valence-electron chi connectivity index (χ0n) is 14.5. The van der Waals surface area contributed by atoms with Gasteiger partial charge in [0.25, 0.3) is 0 Å². The topological polar surface area (TPSA) is 46.5 Å². The van der Waals surface area contributed by atoms with Gasteiger partial charge in [-0.15, -0.1) is 11.8 Å². The van der Waals surface area contributed by atoms with Crippen molar-refractivity contribution in [2.24, 2.45) is 0 Å². The lowest BCUT2D eigenvalue weighted by Gasteiger charge is -2.10. The van der Waals surface area contributed by atoms with Crippen LogP contribution in [-0.4, -0.2) is 16.6 Å². The van der Waals surface area contributed by atoms with Crippen LogP contribution >= 0.6 is 11.8 Å². The quantitative estimate of drug-likeness (QED) is 0.459. The van der Waals surface area contributed by atoms with Crippen LogP contribution in [0.2, 0.25) is 0 Å². The SMILES string of the molecule is Cc1ccc(C(=O)CSc2cc(OCc3ccccc3)ccc2O)cc1. The molecule has 26 heavy (non-hydrogen) atoms. The molecule has 0 unspecified atom stereocenters. The predicted molar refractivity (Wildman–Crippen MR) is 105 cm³/mol. The van der Waals surface area contributed by atoms with Crippen LogP contribution in [-0.2, 0) is 6.61 Å². The number of hydrogen-bond donors (Lipinski definition) is 1. The Balaban J connectivity index is 1.62. The normalized spacial score (nSPS) is 10.5. The Morgan fingerprint density at radius 2 is 1.73 bits per heavy atom. The van der Waals surface area contributed by atoms with Crippen molar-refractivity contribution in [3.63, 3.8) is 0 Å². The Kier molecular flexibility index (Phi) is 5.97. The average molecular weight is 364 g/mol. The molecule has 0 aliphatic rings. The van der Waals surface area contributed by atoms with Gasteiger partial charge in [0, 0.05) is 5.56 Å². The van der Waals surface area contributed by atoms with E-state index >= 15 is 0 Å². The molecule has 0 amide bonds. The Bertz CT molecular complexity index is 874. The number of aryl methyl sites for hydroxylation is 1. The molecule has 0 aliphatic carbocycles. The molecule has 0 heterocycles. The van der Waals surface area contributed by atoms with E-state index in [1.807, 2.05) is 61.5 Å². The van der Waals surface area contributed by atoms with Crippen LogP contribution in [0, 0.1) is 6.92 Å². The van der Waals surface area contributed by atoms with Crippen LogP contribution in [0.15, 0.2) is 77.7 Å². The van der Waals surface area contributed by atoms with Gasteiger partial charge in [-0.05, 0) is 30.7 Å². The molecule has 132 valence electrons. The van der Waals surface area contributed by atoms with Crippen molar-refractivity contribution in [2.75, 3.05) is 5.75 Å². The molecule has 0 saturated heterocycles. The number of hydrogen-bond acceptors (Lipinski definition) is 4. The first-order valence-corrected chi connectivity index (χ1v) is 9.33. The van der Waals surface area contributed by atoms with E-state index in [1.54, 1.807) is 18.2 Å². The Hall–Kier alpha value is -2.72. The number of aromatic hydroxyl groups is 1. The zero-order chi connectivity index (χ0) is 18.4. The summed E-state index contributed by atoms with van der Waals surface area (Å²) in [6.07, 6.45) is 0. The molecule has 3 aromatic rings. The van der Waals surface area contributed by atoms with Gasteiger partial charge < -0.3 is 9.84 Å². The van der Waals surface area contributed by atoms with Crippen LogP contribution < -0.4 is 4.74 Å². The van der Waals surface area contributed by atoms with Gasteiger partial charge in [0.1, 0.15) is 18.1 Å². The van der Waals surface area contributed by atoms with E-state index in [9.17, 15) is 9.90 Å². The van der Waals surface area contributed by atoms with Crippen LogP contribution in [0.3, 0.4) is 0 Å². The molecule has 0 aliphatic heterocycles. The highest BCUT2D eigenvalue weighted by atomic mass is 32.2. The minimum Gasteiger partial charge on any atom is -0.507 e. The number of ketones is 1. The van der Waals surface area contributed by atoms with Crippen molar-refractivity contribution in [1.29, 1.82) is 0 Å². The maximum Gasteiger partial charge on any atom is 0.173 e. The molecule has 0 radical (unpaired) electrons. The van der Waals surface area contributed by atoms with E-state index in [1.165, 1.54) is 11.8 Å². The Morgan fingerprint density at radius 1 is 1.00 bits per heavy atom. The molecule has 1 N–H and O–H groups in total. The van der Waals surface area contributed by atoms with Crippen LogP contribution in [0.5, 0.6) is 11.5 Å². The average Bonchev–Trinajstić information content (AvgIpc) is 2.67. The van der Waals surface area contributed by atoms with Gasteiger partial charge in [-0.3, -0.25) is 4.79 Å². The first-order chi connectivity index (χ1) is 12.6. The summed E-state index contributed by atoms with van der Waals surface area (Å²) in [7, 11) is 0. The van der Waals surface area contributed by atoms with Gasteiger partial charge in [0.05, 0.1) is 10.6 Å². The number of carbonyl (C=O) groups is 1. The standard InChI is InChI=1S/C22H20O3S/c1-16-7-9-18(10-8-16)21(24)15-26-22-13-19(11-12-20(22)23)25-14-17-5-3-2-4-6-17/h2-13,23H,14-15H2,1H3. The number of phenolic OH excluding ortho intramolecular Hbond substituents is 1. The number of thioether (sulfide) groups is 1. The fourth-order valence-electron chi connectivity index (χ4n) is 2.41. The molecule has 3 rings (SSSR count). The maximum atomic E-state index is 12.3. The second-order valence-corrected chi connectivity index (χ2v) is 7.00. The second kappa shape index (κ2) is 8.59. The number of carbonyl (C=O) groups excluding carboxylic acids is 1. The smallest absolute Gasteiger partial charge is 0.173 e. The summed E-state index contributed by atoms with van der Waals surface area (Å²) < 4.78 is 5.78. The van der Waals surface area contributed by atoms with E-state index in [2.05, 4.69) is 0 Å². The maximum absolute atomic E-state index is 12.3. The number of benzene rings is 3. The van der Waals surface area contributed by atoms with E-state index in [0.29, 0.717) is 22.8 Å². The molecule has 0 atom stereocenters. The minimum atomic E-state index is 0.0324. The first-order valence-electron chi connectivity index (χ1n) is 8.34. The zero-order valence-corrected chi connectivity index (χ0v) is 15.3. The largest absolute Gasteiger partial charge is 0.507 e. The van der Waals surface area contributed by atoms with Gasteiger partial charge in [0.2, 0.25) is 0 Å². The Morgan fingerprint density at radius 3 is 2.46 bits per heavy atom. The van der Waals surface area contributed by atoms with E-state index in [-0.39, 0.29) is 17.3 Å². The van der Waals surface area contributed by atoms with E-state index in [0.717, 1.165) is 11.1 Å². The fourth-order valence-corrected chi connectivity index (χ4v) is 3.28. The monoisotopic (exact) mass is 364 g/mol. The molecule has 0 spiro atoms. The van der Waals surface area contributed by atoms with Crippen LogP contribution in [0.4, 0.5) is 0 Å². The molecule has 3 aromatic carbocycles. The third kappa shape index (κ3) is 4.90. The van der Waals surface area contributed by atoms with Crippen molar-refractivity contribution in [3.05, 3.63) is 89.5 Å². The van der Waals surface area contributed by atoms with Gasteiger partial charge in [0.15, 0.2) is 5.78 Å². The Labute approximate surface area is 157 Å². The summed E-state index contributed by atoms with van der Waals surface area (Å²) in [6, 6.07) is 22.5. The summed E-state index contributed by atoms with van der Waals surface area (Å²) in [4.78, 5) is 12.9. The first kappa shape index (κ1) is 18.1. The van der Waals surface area contributed by atoms with E-state index in [4.69, 9.17) is 4.74 Å². The molecular weight excluding hydrogens is 344 g/mol. The molecule has 0 bridgehead atoms. The van der Waals surface area contributed by atoms with Crippen molar-refractivity contribution in [1.82, 2.24) is 0 Å². The number of phenols is 1. The third-order valence-corrected chi connectivity index (χ3v) is 4.96. The minimum absolute atomic E-state index is 0.0324. The van der Waals surface area contributed by atoms with Crippen LogP contribution in [0.1, 0.15) is 21.5 Å². The lowest BCUT2D eigenvalue weighted by Crippen LogP contribution is -2.02. The second-order valence-electron chi connectivity index (χ2n) is 5.98. The van der Waals surface area contributed by atoms with Crippen molar-refractivity contribution < 1.29 is 14.6 Å². The molecule has 4 heteroatoms. The summed E-state index contributed by atoms with van der Waals surface area (Å²) in [5.74, 6) is 1.11. The van der Waals surface area contributed by atoms with Gasteiger partial charge >= 0.3 is 0 Å². The van der Waals surface area contributed by atoms with Gasteiger partial charge in [-0.2, -0.15) is 0 Å². The highest BCUT2D eigenvalue weighted by Crippen LogP contribution is 2.32. The molecule has 0 saturated carbocycles. The lowest BCUT2D eigenvalue weighted by atomic mass is 10.1. The predicted octanol–water partition coefficient (Wildman–Crippen LogP) is 5.25. The summed E-state index contributed by atoms with van der Waals surface area (Å²) in [6.45, 7) is 2.44. The van der Waals surface area contributed by atoms with Crippen LogP contribution in [0.25, 0.3) is 0 Å². The fraction of sp³-hybridized carbons (Fsp3) is 0.136. The number of ether oxygens (including phenoxy) is 1.